The third-order valence-electron chi connectivity index (χ3n) is 7.92. The Morgan fingerprint density at radius 2 is 1.79 bits per heavy atom. The number of amides is 4. The first kappa shape index (κ1) is 27.1. The fourth-order valence-corrected chi connectivity index (χ4v) is 5.71. The highest BCUT2D eigenvalue weighted by Crippen LogP contribution is 2.33. The van der Waals surface area contributed by atoms with Crippen LogP contribution in [0.2, 0.25) is 0 Å². The van der Waals surface area contributed by atoms with Gasteiger partial charge >= 0.3 is 0 Å². The minimum atomic E-state index is -0.721. The minimum absolute atomic E-state index is 0.107. The van der Waals surface area contributed by atoms with E-state index in [9.17, 15) is 24.3 Å². The Morgan fingerprint density at radius 1 is 1.02 bits per heavy atom. The van der Waals surface area contributed by atoms with E-state index >= 15 is 0 Å². The molecule has 2 aromatic carbocycles. The second kappa shape index (κ2) is 11.1. The highest BCUT2D eigenvalue weighted by atomic mass is 16.3. The Hall–Kier alpha value is -5.04. The van der Waals surface area contributed by atoms with Crippen LogP contribution in [0.3, 0.4) is 0 Å². The molecule has 1 aromatic heterocycles. The van der Waals surface area contributed by atoms with Gasteiger partial charge in [-0.05, 0) is 36.8 Å². The van der Waals surface area contributed by atoms with Crippen molar-refractivity contribution in [1.82, 2.24) is 25.3 Å². The summed E-state index contributed by atoms with van der Waals surface area (Å²) in [7, 11) is 0. The summed E-state index contributed by atoms with van der Waals surface area (Å²) in [5, 5.41) is 23.7. The van der Waals surface area contributed by atoms with Crippen LogP contribution in [-0.4, -0.2) is 87.5 Å². The second-order valence-corrected chi connectivity index (χ2v) is 10.6. The minimum Gasteiger partial charge on any atom is -0.507 e. The Balaban J connectivity index is 1.07. The number of para-hydroxylation sites is 1. The van der Waals surface area contributed by atoms with Gasteiger partial charge in [-0.3, -0.25) is 29.4 Å². The smallest absolute Gasteiger partial charge is 0.255 e. The Morgan fingerprint density at radius 3 is 2.55 bits per heavy atom. The summed E-state index contributed by atoms with van der Waals surface area (Å²) < 4.78 is 0. The van der Waals surface area contributed by atoms with E-state index in [2.05, 4.69) is 25.7 Å². The molecule has 42 heavy (non-hydrogen) atoms. The van der Waals surface area contributed by atoms with Crippen LogP contribution in [0.15, 0.2) is 48.5 Å². The number of piperazine rings is 1. The number of phenolic OH excluding ortho intramolecular Hbond substituents is 1. The van der Waals surface area contributed by atoms with Crippen molar-refractivity contribution in [2.45, 2.75) is 25.4 Å². The van der Waals surface area contributed by atoms with Crippen LogP contribution in [0.5, 0.6) is 5.75 Å². The third kappa shape index (κ3) is 5.21. The number of anilines is 3. The number of rotatable bonds is 6. The van der Waals surface area contributed by atoms with E-state index in [1.165, 1.54) is 4.90 Å². The lowest BCUT2D eigenvalue weighted by Crippen LogP contribution is -2.52. The Labute approximate surface area is 241 Å². The second-order valence-electron chi connectivity index (χ2n) is 10.6. The number of aromatic nitrogens is 2. The molecule has 6 rings (SSSR count). The molecule has 2 fully saturated rings. The molecule has 216 valence electrons. The molecule has 0 saturated carbocycles. The molecule has 13 heteroatoms. The average molecular weight is 571 g/mol. The first-order chi connectivity index (χ1) is 20.3. The van der Waals surface area contributed by atoms with Gasteiger partial charge in [0.25, 0.3) is 5.91 Å². The van der Waals surface area contributed by atoms with Gasteiger partial charge in [0.1, 0.15) is 11.8 Å². The number of nitrogens with one attached hydrogen (secondary N) is 2. The van der Waals surface area contributed by atoms with Gasteiger partial charge in [-0.25, -0.2) is 0 Å². The lowest BCUT2D eigenvalue weighted by Gasteiger charge is -2.36. The van der Waals surface area contributed by atoms with Crippen LogP contribution in [-0.2, 0) is 20.9 Å². The molecule has 3 aliphatic rings. The van der Waals surface area contributed by atoms with Crippen LogP contribution in [0, 0.1) is 0 Å². The highest BCUT2D eigenvalue weighted by Gasteiger charge is 2.40. The maximum absolute atomic E-state index is 13.1. The van der Waals surface area contributed by atoms with Gasteiger partial charge < -0.3 is 26.0 Å². The molecule has 0 radical (unpaired) electrons. The molecule has 0 aliphatic carbocycles. The van der Waals surface area contributed by atoms with Gasteiger partial charge in [0, 0.05) is 61.5 Å². The molecule has 13 nitrogen and oxygen atoms in total. The van der Waals surface area contributed by atoms with E-state index in [1.54, 1.807) is 36.4 Å². The number of phenols is 1. The van der Waals surface area contributed by atoms with Crippen LogP contribution in [0.1, 0.15) is 28.8 Å². The van der Waals surface area contributed by atoms with Gasteiger partial charge in [-0.15, -0.1) is 10.2 Å². The number of hydrogen-bond acceptors (Lipinski definition) is 10. The number of piperidine rings is 1. The van der Waals surface area contributed by atoms with Crippen LogP contribution >= 0.6 is 0 Å². The quantitative estimate of drug-likeness (QED) is 0.313. The number of carbonyl (C=O) groups is 4. The van der Waals surface area contributed by atoms with E-state index in [0.717, 1.165) is 5.69 Å². The molecular weight excluding hydrogens is 540 g/mol. The number of fused-ring (bicyclic) bond motifs is 1. The van der Waals surface area contributed by atoms with E-state index < -0.39 is 11.9 Å². The molecule has 3 aromatic rings. The van der Waals surface area contributed by atoms with Crippen molar-refractivity contribution >= 4 is 40.8 Å². The number of imide groups is 1. The van der Waals surface area contributed by atoms with Gasteiger partial charge in [0.05, 0.1) is 17.9 Å². The fourth-order valence-electron chi connectivity index (χ4n) is 5.71. The summed E-state index contributed by atoms with van der Waals surface area (Å²) in [6.45, 7) is 2.78. The van der Waals surface area contributed by atoms with Crippen molar-refractivity contribution in [3.05, 3.63) is 59.7 Å². The number of benzene rings is 2. The Kier molecular flexibility index (Phi) is 7.17. The van der Waals surface area contributed by atoms with E-state index in [1.807, 2.05) is 17.0 Å². The number of nitrogens with zero attached hydrogens (tertiary/aromatic N) is 5. The van der Waals surface area contributed by atoms with Gasteiger partial charge in [0.2, 0.25) is 17.7 Å². The summed E-state index contributed by atoms with van der Waals surface area (Å²) in [5.41, 5.74) is 9.58. The Bertz CT molecular complexity index is 1590. The highest BCUT2D eigenvalue weighted by molar-refractivity contribution is 6.06. The predicted molar refractivity (Wildman–Crippen MR) is 153 cm³/mol. The molecule has 4 heterocycles. The predicted octanol–water partition coefficient (Wildman–Crippen LogP) is 0.953. The summed E-state index contributed by atoms with van der Waals surface area (Å²) in [6.07, 6.45) is 0.449. The first-order valence-electron chi connectivity index (χ1n) is 13.7. The van der Waals surface area contributed by atoms with Crippen molar-refractivity contribution in [3.63, 3.8) is 0 Å². The molecule has 0 bridgehead atoms. The van der Waals surface area contributed by atoms with E-state index in [4.69, 9.17) is 5.73 Å². The van der Waals surface area contributed by atoms with Gasteiger partial charge in [0.15, 0.2) is 5.82 Å². The zero-order chi connectivity index (χ0) is 29.4. The average Bonchev–Trinajstić information content (AvgIpc) is 3.31. The van der Waals surface area contributed by atoms with Gasteiger partial charge in [-0.1, -0.05) is 18.2 Å². The zero-order valence-corrected chi connectivity index (χ0v) is 22.7. The van der Waals surface area contributed by atoms with Crippen molar-refractivity contribution in [2.75, 3.05) is 48.7 Å². The molecule has 4 amide bonds. The summed E-state index contributed by atoms with van der Waals surface area (Å²) >= 11 is 0. The maximum Gasteiger partial charge on any atom is 0.255 e. The monoisotopic (exact) mass is 570 g/mol. The number of nitrogens with two attached hydrogens (primary N) is 1. The normalized spacial score (nSPS) is 19.0. The van der Waals surface area contributed by atoms with Crippen molar-refractivity contribution in [3.8, 4) is 17.0 Å². The molecule has 3 aliphatic heterocycles. The number of nitrogen functional groups attached to an aromatic ring is 1. The third-order valence-corrected chi connectivity index (χ3v) is 7.92. The summed E-state index contributed by atoms with van der Waals surface area (Å²) in [6, 6.07) is 13.1. The summed E-state index contributed by atoms with van der Waals surface area (Å²) in [5.74, 6) is -0.921. The molecule has 0 spiro atoms. The van der Waals surface area contributed by atoms with Crippen molar-refractivity contribution < 1.29 is 24.3 Å². The van der Waals surface area contributed by atoms with Gasteiger partial charge in [-0.2, -0.15) is 0 Å². The van der Waals surface area contributed by atoms with E-state index in [-0.39, 0.29) is 49.4 Å². The molecule has 1 atom stereocenters. The molecule has 2 saturated heterocycles. The molecular formula is C29H30N8O5. The zero-order valence-electron chi connectivity index (χ0n) is 22.7. The van der Waals surface area contributed by atoms with Crippen molar-refractivity contribution in [2.24, 2.45) is 0 Å². The maximum atomic E-state index is 13.1. The van der Waals surface area contributed by atoms with Crippen LogP contribution < -0.4 is 21.3 Å². The first-order valence-corrected chi connectivity index (χ1v) is 13.7. The molecule has 1 unspecified atom stereocenters. The van der Waals surface area contributed by atoms with Crippen LogP contribution in [0.25, 0.3) is 11.3 Å². The standard InChI is InChI=1S/C29H30N8O5/c30-27-23(14-21(33-34-27)18-4-1-2-7-24(18)38)36-12-10-35(11-13-36)16-26(40)31-20-6-3-5-17-19(20)15-37(29(17)42)22-8-9-25(39)32-28(22)41/h1-7,14,22,38H,8-13,15-16H2,(H2,30,34)(H,31,40)(H,32,39,41). The number of carbonyl (C=O) groups excluding carboxylic acids is 4. The molecule has 5 N–H and O–H groups in total. The lowest BCUT2D eigenvalue weighted by molar-refractivity contribution is -0.137. The topological polar surface area (TPSA) is 174 Å². The van der Waals surface area contributed by atoms with Crippen LogP contribution in [0.4, 0.5) is 17.2 Å². The summed E-state index contributed by atoms with van der Waals surface area (Å²) in [4.78, 5) is 55.6. The van der Waals surface area contributed by atoms with E-state index in [0.29, 0.717) is 60.1 Å². The van der Waals surface area contributed by atoms with Crippen molar-refractivity contribution in [1.29, 1.82) is 0 Å². The fraction of sp³-hybridized carbons (Fsp3) is 0.310. The number of aromatic hydroxyl groups is 1. The lowest BCUT2D eigenvalue weighted by atomic mass is 10.0. The number of hydrogen-bond donors (Lipinski definition) is 4. The largest absolute Gasteiger partial charge is 0.507 e. The SMILES string of the molecule is Nc1nnc(-c2ccccc2O)cc1N1CCN(CC(=O)Nc2cccc3c2CN(C2CCC(=O)NC2=O)C3=O)CC1.